The highest BCUT2D eigenvalue weighted by atomic mass is 79.9. The van der Waals surface area contributed by atoms with Crippen LogP contribution in [0.25, 0.3) is 0 Å². The maximum absolute atomic E-state index is 13.1. The molecule has 1 fully saturated rings. The van der Waals surface area contributed by atoms with Crippen molar-refractivity contribution in [3.05, 3.63) is 64.7 Å². The molecule has 1 saturated heterocycles. The van der Waals surface area contributed by atoms with Crippen LogP contribution in [-0.4, -0.2) is 58.5 Å². The summed E-state index contributed by atoms with van der Waals surface area (Å²) in [6, 6.07) is 10.2. The van der Waals surface area contributed by atoms with E-state index in [0.29, 0.717) is 12.2 Å². The molecule has 172 valence electrons. The number of benzene rings is 1. The Balaban J connectivity index is 1.40. The Morgan fingerprint density at radius 1 is 1.33 bits per heavy atom. The van der Waals surface area contributed by atoms with E-state index in [9.17, 15) is 19.5 Å². The smallest absolute Gasteiger partial charge is 0.353 e. The number of carboxylic acids is 1. The molecule has 1 aromatic heterocycles. The van der Waals surface area contributed by atoms with Gasteiger partial charge in [-0.15, -0.1) is 11.8 Å². The number of amides is 1. The van der Waals surface area contributed by atoms with E-state index in [1.165, 1.54) is 34.6 Å². The summed E-state index contributed by atoms with van der Waals surface area (Å²) < 4.78 is 6.33. The number of nitrogens with zero attached hydrogens (tertiary/aromatic N) is 4. The highest BCUT2D eigenvalue weighted by molar-refractivity contribution is 9.10. The summed E-state index contributed by atoms with van der Waals surface area (Å²) in [4.78, 5) is 44.8. The summed E-state index contributed by atoms with van der Waals surface area (Å²) in [5.74, 6) is -1.36. The summed E-state index contributed by atoms with van der Waals surface area (Å²) in [7, 11) is 0. The van der Waals surface area contributed by atoms with E-state index < -0.39 is 33.6 Å². The molecule has 9 nitrogen and oxygen atoms in total. The Morgan fingerprint density at radius 3 is 2.79 bits per heavy atom. The van der Waals surface area contributed by atoms with Crippen molar-refractivity contribution in [1.82, 2.24) is 19.4 Å². The van der Waals surface area contributed by atoms with Crippen molar-refractivity contribution in [3.63, 3.8) is 0 Å². The van der Waals surface area contributed by atoms with Crippen LogP contribution in [0.1, 0.15) is 30.1 Å². The molecule has 4 heterocycles. The predicted octanol–water partition coefficient (Wildman–Crippen LogP) is 2.48. The van der Waals surface area contributed by atoms with Crippen LogP contribution >= 0.6 is 27.7 Å². The second kappa shape index (κ2) is 8.30. The maximum atomic E-state index is 13.1. The molecule has 3 atom stereocenters. The Bertz CT molecular complexity index is 1170. The quantitative estimate of drug-likeness (QED) is 0.343. The van der Waals surface area contributed by atoms with Gasteiger partial charge in [0, 0.05) is 38.2 Å². The fourth-order valence-corrected chi connectivity index (χ4v) is 6.72. The first-order valence-corrected chi connectivity index (χ1v) is 12.1. The number of hydrogen-bond donors (Lipinski definition) is 1. The standard InChI is InChI=1S/C22H21BrN4O5S/c1-13(28)32-18(22(23)20(31)27-16(19(29)30)12-33-21(22)27)15-10-26-8-7-25(11-17(26)24-15)9-14-5-3-2-4-6-14/h2-6,10,12,18,21H,7-9,11H2,1H3,(H,29,30)/t18?,21-,22?/m1/s1. The lowest BCUT2D eigenvalue weighted by Crippen LogP contribution is -2.70. The zero-order valence-electron chi connectivity index (χ0n) is 17.7. The van der Waals surface area contributed by atoms with Gasteiger partial charge < -0.3 is 14.4 Å². The van der Waals surface area contributed by atoms with E-state index in [2.05, 4.69) is 33.0 Å². The van der Waals surface area contributed by atoms with Crippen LogP contribution in [0.4, 0.5) is 0 Å². The molecule has 1 amide bonds. The van der Waals surface area contributed by atoms with Gasteiger partial charge in [-0.05, 0) is 5.56 Å². The molecular formula is C22H21BrN4O5S. The van der Waals surface area contributed by atoms with Crippen molar-refractivity contribution < 1.29 is 24.2 Å². The zero-order valence-corrected chi connectivity index (χ0v) is 20.1. The normalized spacial score (nSPS) is 25.0. The monoisotopic (exact) mass is 532 g/mol. The van der Waals surface area contributed by atoms with Gasteiger partial charge >= 0.3 is 11.9 Å². The summed E-state index contributed by atoms with van der Waals surface area (Å²) in [6.07, 6.45) is 0.839. The minimum atomic E-state index is -1.30. The van der Waals surface area contributed by atoms with Gasteiger partial charge in [-0.1, -0.05) is 46.3 Å². The first-order valence-electron chi connectivity index (χ1n) is 10.4. The average Bonchev–Trinajstić information content (AvgIpc) is 3.40. The molecule has 33 heavy (non-hydrogen) atoms. The van der Waals surface area contributed by atoms with E-state index >= 15 is 0 Å². The van der Waals surface area contributed by atoms with Gasteiger partial charge in [0.15, 0.2) is 10.4 Å². The number of β-lactam (4-membered cyclic amide) rings is 1. The number of alkyl halides is 1. The van der Waals surface area contributed by atoms with Crippen LogP contribution in [0.5, 0.6) is 0 Å². The number of halogens is 1. The first-order chi connectivity index (χ1) is 15.8. The Hall–Kier alpha value is -2.63. The van der Waals surface area contributed by atoms with Gasteiger partial charge in [0.25, 0.3) is 5.91 Å². The highest BCUT2D eigenvalue weighted by Gasteiger charge is 2.69. The summed E-state index contributed by atoms with van der Waals surface area (Å²) >= 11 is 4.73. The number of imidazole rings is 1. The third-order valence-corrected chi connectivity index (χ3v) is 8.70. The number of aliphatic carboxylic acids is 1. The number of fused-ring (bicyclic) bond motifs is 2. The van der Waals surface area contributed by atoms with Gasteiger partial charge in [0.2, 0.25) is 0 Å². The number of aromatic nitrogens is 2. The van der Waals surface area contributed by atoms with Crippen LogP contribution in [0.2, 0.25) is 0 Å². The van der Waals surface area contributed by atoms with Crippen molar-refractivity contribution in [3.8, 4) is 0 Å². The third kappa shape index (κ3) is 3.68. The Morgan fingerprint density at radius 2 is 2.09 bits per heavy atom. The van der Waals surface area contributed by atoms with E-state index in [1.807, 2.05) is 29.0 Å². The molecule has 0 spiro atoms. The van der Waals surface area contributed by atoms with Gasteiger partial charge in [-0.3, -0.25) is 19.4 Å². The zero-order chi connectivity index (χ0) is 23.3. The molecule has 2 aromatic rings. The fraction of sp³-hybridized carbons (Fsp3) is 0.364. The Kier molecular flexibility index (Phi) is 5.58. The molecule has 3 aliphatic rings. The van der Waals surface area contributed by atoms with E-state index in [0.717, 1.165) is 25.5 Å². The molecule has 11 heteroatoms. The molecule has 1 N–H and O–H groups in total. The topological polar surface area (TPSA) is 105 Å². The first kappa shape index (κ1) is 22.2. The van der Waals surface area contributed by atoms with E-state index in [4.69, 9.17) is 9.72 Å². The molecule has 5 rings (SSSR count). The van der Waals surface area contributed by atoms with Gasteiger partial charge in [-0.25, -0.2) is 9.78 Å². The molecule has 0 saturated carbocycles. The molecule has 3 aliphatic heterocycles. The highest BCUT2D eigenvalue weighted by Crippen LogP contribution is 2.57. The second-order valence-electron chi connectivity index (χ2n) is 8.20. The number of carbonyl (C=O) groups is 3. The van der Waals surface area contributed by atoms with Crippen molar-refractivity contribution in [2.24, 2.45) is 0 Å². The lowest BCUT2D eigenvalue weighted by molar-refractivity contribution is -0.162. The van der Waals surface area contributed by atoms with E-state index in [-0.39, 0.29) is 5.70 Å². The van der Waals surface area contributed by atoms with Crippen molar-refractivity contribution in [1.29, 1.82) is 0 Å². The lowest BCUT2D eigenvalue weighted by atomic mass is 9.89. The number of ether oxygens (including phenoxy) is 1. The number of esters is 1. The molecule has 1 aromatic carbocycles. The van der Waals surface area contributed by atoms with Crippen molar-refractivity contribution >= 4 is 45.5 Å². The number of hydrogen-bond acceptors (Lipinski definition) is 7. The average molecular weight is 533 g/mol. The number of thioether (sulfide) groups is 1. The molecule has 0 aliphatic carbocycles. The van der Waals surface area contributed by atoms with Gasteiger partial charge in [0.1, 0.15) is 22.6 Å². The number of rotatable bonds is 6. The number of carbonyl (C=O) groups excluding carboxylic acids is 2. The van der Waals surface area contributed by atoms with Crippen molar-refractivity contribution in [2.75, 3.05) is 6.54 Å². The van der Waals surface area contributed by atoms with Crippen LogP contribution in [0, 0.1) is 0 Å². The third-order valence-electron chi connectivity index (χ3n) is 6.01. The van der Waals surface area contributed by atoms with Gasteiger partial charge in [0.05, 0.1) is 6.54 Å². The Labute approximate surface area is 202 Å². The minimum absolute atomic E-state index is 0.0765. The minimum Gasteiger partial charge on any atom is -0.477 e. The largest absolute Gasteiger partial charge is 0.477 e. The molecule has 0 bridgehead atoms. The number of carboxylic acid groups (broad SMARTS) is 1. The van der Waals surface area contributed by atoms with Crippen molar-refractivity contribution in [2.45, 2.75) is 42.4 Å². The second-order valence-corrected chi connectivity index (χ2v) is 10.5. The SMILES string of the molecule is CC(=O)OC(c1cn2c(n1)CN(Cc1ccccc1)CC2)C1(Br)C(=O)N2C(C(=O)O)=CS[C@@H]21. The molecule has 0 radical (unpaired) electrons. The van der Waals surface area contributed by atoms with Gasteiger partial charge in [-0.2, -0.15) is 0 Å². The lowest BCUT2D eigenvalue weighted by Gasteiger charge is -2.51. The predicted molar refractivity (Wildman–Crippen MR) is 123 cm³/mol. The summed E-state index contributed by atoms with van der Waals surface area (Å²) in [5, 5.41) is 10.3. The molecular weight excluding hydrogens is 512 g/mol. The molecule has 2 unspecified atom stereocenters. The van der Waals surface area contributed by atoms with Crippen LogP contribution in [-0.2, 0) is 38.8 Å². The van der Waals surface area contributed by atoms with Crippen LogP contribution in [0.3, 0.4) is 0 Å². The summed E-state index contributed by atoms with van der Waals surface area (Å²) in [6.45, 7) is 4.27. The summed E-state index contributed by atoms with van der Waals surface area (Å²) in [5.41, 5.74) is 1.61. The maximum Gasteiger partial charge on any atom is 0.353 e. The van der Waals surface area contributed by atoms with Crippen LogP contribution < -0.4 is 0 Å². The van der Waals surface area contributed by atoms with Crippen LogP contribution in [0.15, 0.2) is 47.6 Å². The fourth-order valence-electron chi connectivity index (χ4n) is 4.45. The van der Waals surface area contributed by atoms with E-state index in [1.54, 1.807) is 0 Å².